The van der Waals surface area contributed by atoms with E-state index in [1.807, 2.05) is 49.5 Å². The summed E-state index contributed by atoms with van der Waals surface area (Å²) in [6.45, 7) is 2.16. The molecule has 5 rings (SSSR count). The fourth-order valence-corrected chi connectivity index (χ4v) is 3.85. The van der Waals surface area contributed by atoms with Gasteiger partial charge in [0.15, 0.2) is 5.22 Å². The number of aromatic nitrogens is 2. The molecule has 0 atom stereocenters. The van der Waals surface area contributed by atoms with Gasteiger partial charge in [-0.15, -0.1) is 0 Å². The third kappa shape index (κ3) is 3.75. The van der Waals surface area contributed by atoms with Crippen LogP contribution < -0.4 is 5.32 Å². The van der Waals surface area contributed by atoms with Gasteiger partial charge < -0.3 is 10.4 Å². The summed E-state index contributed by atoms with van der Waals surface area (Å²) in [7, 11) is 0. The van der Waals surface area contributed by atoms with Crippen LogP contribution in [0, 0.1) is 18.8 Å². The molecule has 1 fully saturated rings. The number of aryl methyl sites for hydroxylation is 1. The minimum absolute atomic E-state index is 0.227. The number of pyridine rings is 1. The fraction of sp³-hybridized carbons (Fsp3) is 0.273. The molecule has 9 nitrogen and oxygen atoms in total. The number of nitrogens with one attached hydrogen (secondary N) is 1. The second kappa shape index (κ2) is 7.84. The summed E-state index contributed by atoms with van der Waals surface area (Å²) in [5, 5.41) is 29.1. The topological polar surface area (TPSA) is 107 Å². The van der Waals surface area contributed by atoms with E-state index in [2.05, 4.69) is 25.9 Å². The molecular formula is C22H22N7O2+. The summed E-state index contributed by atoms with van der Waals surface area (Å²) >= 11 is 0. The number of nitrogens with zero attached hydrogens (tertiary/aromatic N) is 6. The number of benzene rings is 1. The minimum Gasteiger partial charge on any atom is -0.396 e. The van der Waals surface area contributed by atoms with Crippen LogP contribution in [0.15, 0.2) is 64.2 Å². The SMILES string of the molecule is Cc1ccc(C2=N/[N+](=C/C3CC(CO)C3)N=N2)cc1NC(=O)c1cnn2ccccc12. The number of anilines is 1. The standard InChI is InChI=1S/C22H21N7O2/c1-14-5-6-17(21-25-27-29(26-21)12-15-8-16(9-15)13-30)10-19(14)24-22(31)18-11-23-28-7-3-2-4-20(18)28/h2-7,10-12,15-16,30H,8-9,13H2,1H3/p+1/b29-12-. The van der Waals surface area contributed by atoms with Crippen LogP contribution in [0.5, 0.6) is 0 Å². The highest BCUT2D eigenvalue weighted by Gasteiger charge is 2.30. The number of rotatable bonds is 5. The van der Waals surface area contributed by atoms with Crippen molar-refractivity contribution in [3.63, 3.8) is 0 Å². The van der Waals surface area contributed by atoms with Gasteiger partial charge in [-0.3, -0.25) is 4.79 Å². The largest absolute Gasteiger partial charge is 0.396 e. The van der Waals surface area contributed by atoms with Crippen LogP contribution in [-0.4, -0.2) is 44.1 Å². The zero-order valence-electron chi connectivity index (χ0n) is 17.0. The lowest BCUT2D eigenvalue weighted by Gasteiger charge is -2.29. The van der Waals surface area contributed by atoms with Crippen LogP contribution in [0.4, 0.5) is 5.69 Å². The first-order chi connectivity index (χ1) is 15.1. The highest BCUT2D eigenvalue weighted by Crippen LogP contribution is 2.31. The average molecular weight is 416 g/mol. The molecule has 0 radical (unpaired) electrons. The van der Waals surface area contributed by atoms with Crippen molar-refractivity contribution >= 4 is 29.2 Å². The van der Waals surface area contributed by atoms with E-state index >= 15 is 0 Å². The molecule has 0 bridgehead atoms. The quantitative estimate of drug-likeness (QED) is 0.624. The molecule has 9 heteroatoms. The zero-order valence-corrected chi connectivity index (χ0v) is 17.0. The number of aliphatic hydroxyl groups is 1. The number of hydrogen-bond donors (Lipinski definition) is 2. The first-order valence-electron chi connectivity index (χ1n) is 10.2. The highest BCUT2D eigenvalue weighted by atomic mass is 16.3. The van der Waals surface area contributed by atoms with Gasteiger partial charge in [0.1, 0.15) is 11.3 Å². The molecule has 3 heterocycles. The van der Waals surface area contributed by atoms with E-state index in [-0.39, 0.29) is 12.5 Å². The normalized spacial score (nSPS) is 21.4. The number of hydrogen-bond acceptors (Lipinski definition) is 6. The van der Waals surface area contributed by atoms with Crippen molar-refractivity contribution in [3.8, 4) is 0 Å². The smallest absolute Gasteiger partial charge is 0.342 e. The van der Waals surface area contributed by atoms with Gasteiger partial charge in [0.2, 0.25) is 0 Å². The van der Waals surface area contributed by atoms with Crippen molar-refractivity contribution in [2.75, 3.05) is 11.9 Å². The number of hydrazone groups is 1. The Balaban J connectivity index is 1.35. The number of carbonyl (C=O) groups is 1. The van der Waals surface area contributed by atoms with E-state index < -0.39 is 0 Å². The van der Waals surface area contributed by atoms with Crippen molar-refractivity contribution in [3.05, 3.63) is 65.5 Å². The first kappa shape index (κ1) is 19.3. The Morgan fingerprint density at radius 2 is 2.19 bits per heavy atom. The summed E-state index contributed by atoms with van der Waals surface area (Å²) in [5.41, 5.74) is 3.63. The third-order valence-electron chi connectivity index (χ3n) is 5.72. The summed E-state index contributed by atoms with van der Waals surface area (Å²) in [4.78, 5) is 14.4. The molecule has 156 valence electrons. The Morgan fingerprint density at radius 1 is 1.32 bits per heavy atom. The molecule has 3 aromatic rings. The van der Waals surface area contributed by atoms with Crippen LogP contribution in [0.2, 0.25) is 0 Å². The molecule has 1 aliphatic heterocycles. The van der Waals surface area contributed by atoms with Crippen LogP contribution in [0.3, 0.4) is 0 Å². The van der Waals surface area contributed by atoms with Crippen molar-refractivity contribution < 1.29 is 14.7 Å². The monoisotopic (exact) mass is 416 g/mol. The molecule has 1 saturated carbocycles. The molecule has 1 aromatic carbocycles. The van der Waals surface area contributed by atoms with Gasteiger partial charge in [-0.2, -0.15) is 5.10 Å². The Hall–Kier alpha value is -3.72. The van der Waals surface area contributed by atoms with Gasteiger partial charge in [-0.1, -0.05) is 12.1 Å². The van der Waals surface area contributed by atoms with Gasteiger partial charge in [0, 0.05) is 24.4 Å². The van der Waals surface area contributed by atoms with E-state index in [1.54, 1.807) is 16.9 Å². The lowest BCUT2D eigenvalue weighted by Crippen LogP contribution is -2.29. The number of amides is 1. The Kier molecular flexibility index (Phi) is 4.87. The maximum Gasteiger partial charge on any atom is 0.342 e. The minimum atomic E-state index is -0.227. The van der Waals surface area contributed by atoms with Crippen LogP contribution >= 0.6 is 0 Å². The maximum atomic E-state index is 12.9. The van der Waals surface area contributed by atoms with Crippen LogP contribution in [0.1, 0.15) is 34.3 Å². The predicted octanol–water partition coefficient (Wildman–Crippen LogP) is 3.04. The molecule has 1 amide bonds. The van der Waals surface area contributed by atoms with Gasteiger partial charge in [0.25, 0.3) is 5.91 Å². The lowest BCUT2D eigenvalue weighted by molar-refractivity contribution is -0.537. The van der Waals surface area contributed by atoms with E-state index in [9.17, 15) is 4.79 Å². The van der Waals surface area contributed by atoms with Crippen LogP contribution in [-0.2, 0) is 0 Å². The van der Waals surface area contributed by atoms with Crippen molar-refractivity contribution in [1.29, 1.82) is 0 Å². The molecule has 2 aromatic heterocycles. The fourth-order valence-electron chi connectivity index (χ4n) is 3.85. The summed E-state index contributed by atoms with van der Waals surface area (Å²) in [5.74, 6) is 0.995. The Morgan fingerprint density at radius 3 is 3.03 bits per heavy atom. The number of carbonyl (C=O) groups excluding carboxylic acids is 1. The summed E-state index contributed by atoms with van der Waals surface area (Å²) in [6.07, 6.45) is 7.19. The van der Waals surface area contributed by atoms with Gasteiger partial charge in [0.05, 0.1) is 22.8 Å². The average Bonchev–Trinajstić information content (AvgIpc) is 3.39. The van der Waals surface area contributed by atoms with Gasteiger partial charge >= 0.3 is 5.84 Å². The van der Waals surface area contributed by atoms with Crippen molar-refractivity contribution in [2.45, 2.75) is 19.8 Å². The molecule has 0 unspecified atom stereocenters. The molecule has 0 saturated heterocycles. The lowest BCUT2D eigenvalue weighted by atomic mass is 9.76. The number of amidine groups is 1. The Bertz CT molecular complexity index is 1250. The zero-order chi connectivity index (χ0) is 21.4. The molecule has 31 heavy (non-hydrogen) atoms. The molecule has 2 N–H and O–H groups in total. The summed E-state index contributed by atoms with van der Waals surface area (Å²) < 4.78 is 1.67. The second-order valence-electron chi connectivity index (χ2n) is 7.94. The Labute approximate surface area is 178 Å². The van der Waals surface area contributed by atoms with E-state index in [0.29, 0.717) is 28.9 Å². The second-order valence-corrected chi connectivity index (χ2v) is 7.94. The van der Waals surface area contributed by atoms with E-state index in [4.69, 9.17) is 5.11 Å². The third-order valence-corrected chi connectivity index (χ3v) is 5.72. The number of aliphatic hydroxyl groups excluding tert-OH is 1. The van der Waals surface area contributed by atoms with Gasteiger partial charge in [-0.05, 0) is 65.4 Å². The van der Waals surface area contributed by atoms with Crippen molar-refractivity contribution in [2.24, 2.45) is 27.3 Å². The maximum absolute atomic E-state index is 12.9. The number of fused-ring (bicyclic) bond motifs is 1. The van der Waals surface area contributed by atoms with Gasteiger partial charge in [-0.25, -0.2) is 4.52 Å². The van der Waals surface area contributed by atoms with E-state index in [1.165, 1.54) is 4.79 Å². The molecular weight excluding hydrogens is 394 g/mol. The highest BCUT2D eigenvalue weighted by molar-refractivity contribution is 6.09. The molecule has 2 aliphatic rings. The molecule has 1 aliphatic carbocycles. The summed E-state index contributed by atoms with van der Waals surface area (Å²) in [6, 6.07) is 11.3. The predicted molar refractivity (Wildman–Crippen MR) is 115 cm³/mol. The van der Waals surface area contributed by atoms with E-state index in [0.717, 1.165) is 29.5 Å². The van der Waals surface area contributed by atoms with Crippen molar-refractivity contribution in [1.82, 2.24) is 9.61 Å². The van der Waals surface area contributed by atoms with Crippen LogP contribution in [0.25, 0.3) is 5.52 Å². The first-order valence-corrected chi connectivity index (χ1v) is 10.2. The molecule has 0 spiro atoms.